The average Bonchev–Trinajstić information content (AvgIpc) is 3.19. The van der Waals surface area contributed by atoms with Gasteiger partial charge in [-0.1, -0.05) is 30.3 Å². The summed E-state index contributed by atoms with van der Waals surface area (Å²) in [5.41, 5.74) is 9.05. The number of nitrogens with zero attached hydrogens (tertiary/aromatic N) is 3. The molecule has 0 aliphatic heterocycles. The molecule has 2 aromatic carbocycles. The zero-order valence-corrected chi connectivity index (χ0v) is 19.9. The molecule has 0 fully saturated rings. The predicted molar refractivity (Wildman–Crippen MR) is 135 cm³/mol. The van der Waals surface area contributed by atoms with Gasteiger partial charge in [-0.3, -0.25) is 0 Å². The molecule has 0 aliphatic rings. The zero-order chi connectivity index (χ0) is 24.2. The van der Waals surface area contributed by atoms with Gasteiger partial charge in [-0.15, -0.1) is 0 Å². The van der Waals surface area contributed by atoms with Gasteiger partial charge in [0.25, 0.3) is 0 Å². The second kappa shape index (κ2) is 9.94. The number of ether oxygens (including phenoxy) is 1. The first-order chi connectivity index (χ1) is 15.6. The van der Waals surface area contributed by atoms with Crippen LogP contribution in [0.4, 0.5) is 5.69 Å². The first-order valence-corrected chi connectivity index (χ1v) is 10.6. The molecule has 33 heavy (non-hydrogen) atoms. The van der Waals surface area contributed by atoms with Crippen LogP contribution < -0.4 is 15.8 Å². The second-order valence-electron chi connectivity index (χ2n) is 8.04. The summed E-state index contributed by atoms with van der Waals surface area (Å²) >= 11 is 5.95. The van der Waals surface area contributed by atoms with Crippen LogP contribution in [0, 0.1) is 6.92 Å². The van der Waals surface area contributed by atoms with Crippen LogP contribution >= 0.6 is 11.6 Å². The SMILES string of the molecule is C=C(/N=C(\C=C(/N)c1ccc(Cl)cc1)C(C)(C)O)Nc1ccc(-n2cnc(C)c2)c(OC)c1. The van der Waals surface area contributed by atoms with Crippen molar-refractivity contribution in [3.8, 4) is 11.4 Å². The van der Waals surface area contributed by atoms with E-state index in [1.54, 1.807) is 57.6 Å². The standard InChI is InChI=1S/C25H28ClN5O2/c1-16-14-31(15-28-16)22-11-10-20(12-23(22)33-5)29-17(2)30-24(25(3,4)32)13-21(27)18-6-8-19(26)9-7-18/h6-15,29,32H,2,27H2,1,3-5H3/b21-13-,30-24+. The minimum Gasteiger partial charge on any atom is -0.494 e. The van der Waals surface area contributed by atoms with E-state index in [4.69, 9.17) is 22.1 Å². The fraction of sp³-hybridized carbons (Fsp3) is 0.200. The Hall–Kier alpha value is -3.55. The predicted octanol–water partition coefficient (Wildman–Crippen LogP) is 4.94. The van der Waals surface area contributed by atoms with Gasteiger partial charge in [0.2, 0.25) is 0 Å². The van der Waals surface area contributed by atoms with Crippen LogP contribution in [0.15, 0.2) is 78.5 Å². The Morgan fingerprint density at radius 1 is 1.27 bits per heavy atom. The van der Waals surface area contributed by atoms with E-state index in [1.165, 1.54) is 0 Å². The molecule has 0 aliphatic carbocycles. The zero-order valence-electron chi connectivity index (χ0n) is 19.1. The molecule has 0 unspecified atom stereocenters. The summed E-state index contributed by atoms with van der Waals surface area (Å²) in [4.78, 5) is 8.75. The van der Waals surface area contributed by atoms with E-state index < -0.39 is 5.60 Å². The molecule has 1 aromatic heterocycles. The van der Waals surface area contributed by atoms with Crippen LogP contribution in [-0.4, -0.2) is 33.1 Å². The number of benzene rings is 2. The van der Waals surface area contributed by atoms with Crippen molar-refractivity contribution >= 4 is 28.7 Å². The quantitative estimate of drug-likeness (QED) is 0.409. The number of methoxy groups -OCH3 is 1. The van der Waals surface area contributed by atoms with Gasteiger partial charge in [0.05, 0.1) is 30.5 Å². The van der Waals surface area contributed by atoms with Crippen molar-refractivity contribution in [1.82, 2.24) is 9.55 Å². The van der Waals surface area contributed by atoms with E-state index in [-0.39, 0.29) is 0 Å². The maximum absolute atomic E-state index is 10.6. The van der Waals surface area contributed by atoms with E-state index >= 15 is 0 Å². The maximum Gasteiger partial charge on any atom is 0.144 e. The largest absolute Gasteiger partial charge is 0.494 e. The van der Waals surface area contributed by atoms with Crippen molar-refractivity contribution in [1.29, 1.82) is 0 Å². The maximum atomic E-state index is 10.6. The number of imidazole rings is 1. The smallest absolute Gasteiger partial charge is 0.144 e. The van der Waals surface area contributed by atoms with Crippen molar-refractivity contribution in [3.63, 3.8) is 0 Å². The van der Waals surface area contributed by atoms with Crippen LogP contribution in [0.5, 0.6) is 5.75 Å². The molecule has 0 amide bonds. The Morgan fingerprint density at radius 2 is 1.97 bits per heavy atom. The molecule has 172 valence electrons. The first kappa shape index (κ1) is 24.1. The van der Waals surface area contributed by atoms with Crippen molar-refractivity contribution in [2.45, 2.75) is 26.4 Å². The van der Waals surface area contributed by atoms with E-state index in [0.717, 1.165) is 22.6 Å². The third-order valence-electron chi connectivity index (χ3n) is 4.81. The number of aliphatic hydroxyl groups is 1. The number of aryl methyl sites for hydroxylation is 1. The highest BCUT2D eigenvalue weighted by atomic mass is 35.5. The Balaban J connectivity index is 1.85. The van der Waals surface area contributed by atoms with Crippen LogP contribution in [-0.2, 0) is 0 Å². The minimum absolute atomic E-state index is 0.334. The fourth-order valence-electron chi connectivity index (χ4n) is 3.08. The van der Waals surface area contributed by atoms with Gasteiger partial charge in [0, 0.05) is 28.7 Å². The van der Waals surface area contributed by atoms with E-state index in [1.807, 2.05) is 35.9 Å². The summed E-state index contributed by atoms with van der Waals surface area (Å²) in [7, 11) is 1.61. The van der Waals surface area contributed by atoms with Gasteiger partial charge in [-0.05, 0) is 56.7 Å². The fourth-order valence-corrected chi connectivity index (χ4v) is 3.21. The Kier molecular flexibility index (Phi) is 7.26. The number of anilines is 1. The normalized spacial score (nSPS) is 12.5. The van der Waals surface area contributed by atoms with Crippen molar-refractivity contribution < 1.29 is 9.84 Å². The lowest BCUT2D eigenvalue weighted by Gasteiger charge is -2.19. The minimum atomic E-state index is -1.25. The molecule has 1 heterocycles. The highest BCUT2D eigenvalue weighted by Gasteiger charge is 2.20. The summed E-state index contributed by atoms with van der Waals surface area (Å²) in [5, 5.41) is 14.4. The molecule has 4 N–H and O–H groups in total. The average molecular weight is 466 g/mol. The molecular weight excluding hydrogens is 438 g/mol. The number of aliphatic imine (C=N–C) groups is 1. The second-order valence-corrected chi connectivity index (χ2v) is 8.48. The summed E-state index contributed by atoms with van der Waals surface area (Å²) in [6.45, 7) is 9.18. The Morgan fingerprint density at radius 3 is 2.55 bits per heavy atom. The first-order valence-electron chi connectivity index (χ1n) is 10.3. The summed E-state index contributed by atoms with van der Waals surface area (Å²) in [6, 6.07) is 12.7. The van der Waals surface area contributed by atoms with E-state index in [2.05, 4.69) is 21.9 Å². The Labute approximate surface area is 198 Å². The Bertz CT molecular complexity index is 1200. The highest BCUT2D eigenvalue weighted by molar-refractivity contribution is 6.30. The number of hydrogen-bond donors (Lipinski definition) is 3. The number of nitrogens with one attached hydrogen (secondary N) is 1. The monoisotopic (exact) mass is 465 g/mol. The number of hydrogen-bond acceptors (Lipinski definition) is 6. The van der Waals surface area contributed by atoms with Crippen LogP contribution in [0.2, 0.25) is 5.02 Å². The van der Waals surface area contributed by atoms with Crippen molar-refractivity contribution in [2.75, 3.05) is 12.4 Å². The molecule has 7 nitrogen and oxygen atoms in total. The lowest BCUT2D eigenvalue weighted by Crippen LogP contribution is -2.30. The number of aromatic nitrogens is 2. The van der Waals surface area contributed by atoms with Gasteiger partial charge in [-0.2, -0.15) is 0 Å². The molecule has 8 heteroatoms. The molecule has 0 atom stereocenters. The van der Waals surface area contributed by atoms with Gasteiger partial charge >= 0.3 is 0 Å². The van der Waals surface area contributed by atoms with Gasteiger partial charge in [0.1, 0.15) is 17.2 Å². The topological polar surface area (TPSA) is 97.7 Å². The van der Waals surface area contributed by atoms with Gasteiger partial charge in [0.15, 0.2) is 0 Å². The number of nitrogens with two attached hydrogens (primary N) is 1. The molecule has 0 spiro atoms. The van der Waals surface area contributed by atoms with Crippen molar-refractivity contribution in [2.24, 2.45) is 10.7 Å². The number of rotatable bonds is 8. The molecule has 0 saturated carbocycles. The van der Waals surface area contributed by atoms with Gasteiger partial charge in [-0.25, -0.2) is 9.98 Å². The summed E-state index contributed by atoms with van der Waals surface area (Å²) in [6.07, 6.45) is 5.28. The van der Waals surface area contributed by atoms with Crippen LogP contribution in [0.25, 0.3) is 11.4 Å². The lowest BCUT2D eigenvalue weighted by atomic mass is 10.00. The van der Waals surface area contributed by atoms with E-state index in [9.17, 15) is 5.11 Å². The van der Waals surface area contributed by atoms with Crippen molar-refractivity contribution in [3.05, 3.63) is 89.7 Å². The summed E-state index contributed by atoms with van der Waals surface area (Å²) < 4.78 is 7.44. The summed E-state index contributed by atoms with van der Waals surface area (Å²) in [5.74, 6) is 0.990. The van der Waals surface area contributed by atoms with Gasteiger partial charge < -0.3 is 25.5 Å². The lowest BCUT2D eigenvalue weighted by molar-refractivity contribution is 0.155. The van der Waals surface area contributed by atoms with Crippen LogP contribution in [0.1, 0.15) is 25.1 Å². The van der Waals surface area contributed by atoms with E-state index in [0.29, 0.717) is 28.0 Å². The molecular formula is C25H28ClN5O2. The molecule has 0 radical (unpaired) electrons. The number of halogens is 1. The molecule has 3 rings (SSSR count). The van der Waals surface area contributed by atoms with Crippen LogP contribution in [0.3, 0.4) is 0 Å². The third kappa shape index (κ3) is 6.25. The molecule has 0 bridgehead atoms. The third-order valence-corrected chi connectivity index (χ3v) is 5.06. The molecule has 0 saturated heterocycles. The molecule has 3 aromatic rings. The highest BCUT2D eigenvalue weighted by Crippen LogP contribution is 2.28.